The molecule has 0 spiro atoms. The summed E-state index contributed by atoms with van der Waals surface area (Å²) in [6.45, 7) is 4.21. The lowest BCUT2D eigenvalue weighted by molar-refractivity contribution is 0.326. The maximum Gasteiger partial charge on any atom is 0.0589 e. The predicted octanol–water partition coefficient (Wildman–Crippen LogP) is 1.92. The molecule has 2 unspecified atom stereocenters. The minimum Gasteiger partial charge on any atom is -0.307 e. The Balaban J connectivity index is 1.82. The summed E-state index contributed by atoms with van der Waals surface area (Å²) < 4.78 is 0. The van der Waals surface area contributed by atoms with Gasteiger partial charge in [0.15, 0.2) is 0 Å². The van der Waals surface area contributed by atoms with Gasteiger partial charge in [-0.15, -0.1) is 0 Å². The summed E-state index contributed by atoms with van der Waals surface area (Å²) >= 11 is 5.79. The van der Waals surface area contributed by atoms with Crippen LogP contribution in [0.4, 0.5) is 0 Å². The van der Waals surface area contributed by atoms with E-state index in [-0.39, 0.29) is 0 Å². The molecule has 1 aliphatic heterocycles. The molecule has 1 N–H and O–H groups in total. The molecule has 1 aromatic rings. The van der Waals surface area contributed by atoms with Crippen molar-refractivity contribution in [1.29, 1.82) is 0 Å². The van der Waals surface area contributed by atoms with Gasteiger partial charge >= 0.3 is 0 Å². The number of likely N-dealkylation sites (tertiary alicyclic amines) is 1. The smallest absolute Gasteiger partial charge is 0.0589 e. The molecule has 2 heterocycles. The van der Waals surface area contributed by atoms with E-state index in [4.69, 9.17) is 11.6 Å². The lowest BCUT2D eigenvalue weighted by atomic mass is 10.2. The third-order valence-corrected chi connectivity index (χ3v) is 3.47. The zero-order valence-corrected chi connectivity index (χ0v) is 10.5. The van der Waals surface area contributed by atoms with Crippen LogP contribution in [0, 0.1) is 0 Å². The number of nitrogens with zero attached hydrogens (tertiary/aromatic N) is 2. The van der Waals surface area contributed by atoms with Crippen molar-refractivity contribution in [2.45, 2.75) is 32.0 Å². The molecular weight excluding hydrogens is 222 g/mol. The van der Waals surface area contributed by atoms with E-state index in [1.165, 1.54) is 6.42 Å². The standard InChI is InChI=1S/C12H18ClN3/c1-9-5-12(8-16(9)2)15-7-11-4-3-10(13)6-14-11/h3-4,6,9,12,15H,5,7-8H2,1-2H3. The highest BCUT2D eigenvalue weighted by Crippen LogP contribution is 2.15. The van der Waals surface area contributed by atoms with Gasteiger partial charge in [0.2, 0.25) is 0 Å². The van der Waals surface area contributed by atoms with Gasteiger partial charge < -0.3 is 10.2 Å². The largest absolute Gasteiger partial charge is 0.307 e. The first-order valence-corrected chi connectivity index (χ1v) is 6.07. The Morgan fingerprint density at radius 2 is 2.38 bits per heavy atom. The average Bonchev–Trinajstić information content (AvgIpc) is 2.58. The van der Waals surface area contributed by atoms with Gasteiger partial charge in [-0.2, -0.15) is 0 Å². The Bertz CT molecular complexity index is 329. The topological polar surface area (TPSA) is 28.2 Å². The van der Waals surface area contributed by atoms with Crippen molar-refractivity contribution >= 4 is 11.6 Å². The summed E-state index contributed by atoms with van der Waals surface area (Å²) in [6.07, 6.45) is 2.91. The van der Waals surface area contributed by atoms with Crippen LogP contribution in [0.15, 0.2) is 18.3 Å². The van der Waals surface area contributed by atoms with Gasteiger partial charge in [0.05, 0.1) is 10.7 Å². The molecule has 1 aromatic heterocycles. The van der Waals surface area contributed by atoms with Crippen molar-refractivity contribution in [3.05, 3.63) is 29.0 Å². The number of pyridine rings is 1. The highest BCUT2D eigenvalue weighted by atomic mass is 35.5. The Labute approximate surface area is 102 Å². The van der Waals surface area contributed by atoms with E-state index in [1.54, 1.807) is 6.20 Å². The van der Waals surface area contributed by atoms with E-state index in [0.717, 1.165) is 18.8 Å². The number of aromatic nitrogens is 1. The highest BCUT2D eigenvalue weighted by molar-refractivity contribution is 6.30. The third-order valence-electron chi connectivity index (χ3n) is 3.25. The van der Waals surface area contributed by atoms with E-state index >= 15 is 0 Å². The summed E-state index contributed by atoms with van der Waals surface area (Å²) in [7, 11) is 2.17. The van der Waals surface area contributed by atoms with Gasteiger partial charge in [-0.1, -0.05) is 11.6 Å². The minimum atomic E-state index is 0.581. The van der Waals surface area contributed by atoms with Crippen molar-refractivity contribution in [3.8, 4) is 0 Å². The maximum atomic E-state index is 5.79. The Morgan fingerprint density at radius 1 is 1.56 bits per heavy atom. The summed E-state index contributed by atoms with van der Waals surface area (Å²) in [4.78, 5) is 6.65. The van der Waals surface area contributed by atoms with Crippen LogP contribution in [-0.2, 0) is 6.54 Å². The summed E-state index contributed by atoms with van der Waals surface area (Å²) in [5.41, 5.74) is 1.05. The van der Waals surface area contributed by atoms with E-state index in [1.807, 2.05) is 12.1 Å². The maximum absolute atomic E-state index is 5.79. The second-order valence-corrected chi connectivity index (χ2v) is 5.01. The number of nitrogens with one attached hydrogen (secondary N) is 1. The van der Waals surface area contributed by atoms with Crippen LogP contribution in [0.5, 0.6) is 0 Å². The van der Waals surface area contributed by atoms with Gasteiger partial charge in [-0.25, -0.2) is 0 Å². The normalized spacial score (nSPS) is 26.2. The van der Waals surface area contributed by atoms with E-state index in [2.05, 4.69) is 29.2 Å². The molecular formula is C12H18ClN3. The van der Waals surface area contributed by atoms with E-state index in [0.29, 0.717) is 17.1 Å². The Morgan fingerprint density at radius 3 is 2.94 bits per heavy atom. The fourth-order valence-corrected chi connectivity index (χ4v) is 2.21. The average molecular weight is 240 g/mol. The SMILES string of the molecule is CC1CC(NCc2ccc(Cl)cn2)CN1C. The second kappa shape index (κ2) is 5.13. The van der Waals surface area contributed by atoms with Crippen LogP contribution in [0.2, 0.25) is 5.02 Å². The zero-order valence-electron chi connectivity index (χ0n) is 9.78. The fourth-order valence-electron chi connectivity index (χ4n) is 2.10. The first-order valence-electron chi connectivity index (χ1n) is 5.69. The molecule has 3 nitrogen and oxygen atoms in total. The van der Waals surface area contributed by atoms with Crippen molar-refractivity contribution in [2.75, 3.05) is 13.6 Å². The van der Waals surface area contributed by atoms with Crippen LogP contribution in [-0.4, -0.2) is 35.6 Å². The van der Waals surface area contributed by atoms with Crippen molar-refractivity contribution in [2.24, 2.45) is 0 Å². The molecule has 1 aliphatic rings. The fraction of sp³-hybridized carbons (Fsp3) is 0.583. The summed E-state index contributed by atoms with van der Waals surface area (Å²) in [5.74, 6) is 0. The quantitative estimate of drug-likeness (QED) is 0.874. The van der Waals surface area contributed by atoms with Crippen LogP contribution >= 0.6 is 11.6 Å². The van der Waals surface area contributed by atoms with E-state index < -0.39 is 0 Å². The van der Waals surface area contributed by atoms with Crippen molar-refractivity contribution in [3.63, 3.8) is 0 Å². The first kappa shape index (κ1) is 11.8. The predicted molar refractivity (Wildman–Crippen MR) is 66.6 cm³/mol. The third kappa shape index (κ3) is 2.94. The van der Waals surface area contributed by atoms with Crippen LogP contribution in [0.3, 0.4) is 0 Å². The number of likely N-dealkylation sites (N-methyl/N-ethyl adjacent to an activating group) is 1. The lowest BCUT2D eigenvalue weighted by Crippen LogP contribution is -2.31. The van der Waals surface area contributed by atoms with Gasteiger partial charge in [0.1, 0.15) is 0 Å². The monoisotopic (exact) mass is 239 g/mol. The van der Waals surface area contributed by atoms with Gasteiger partial charge in [-0.05, 0) is 32.5 Å². The molecule has 4 heteroatoms. The minimum absolute atomic E-state index is 0.581. The summed E-state index contributed by atoms with van der Waals surface area (Å²) in [6, 6.07) is 5.11. The second-order valence-electron chi connectivity index (χ2n) is 4.57. The Kier molecular flexibility index (Phi) is 3.79. The molecule has 1 saturated heterocycles. The lowest BCUT2D eigenvalue weighted by Gasteiger charge is -2.13. The zero-order chi connectivity index (χ0) is 11.5. The number of hydrogen-bond donors (Lipinski definition) is 1. The molecule has 0 bridgehead atoms. The molecule has 0 saturated carbocycles. The number of rotatable bonds is 3. The van der Waals surface area contributed by atoms with Gasteiger partial charge in [0, 0.05) is 31.4 Å². The first-order chi connectivity index (χ1) is 7.65. The Hall–Kier alpha value is -0.640. The van der Waals surface area contributed by atoms with Crippen molar-refractivity contribution in [1.82, 2.24) is 15.2 Å². The molecule has 1 fully saturated rings. The molecule has 0 aliphatic carbocycles. The molecule has 0 aromatic carbocycles. The molecule has 16 heavy (non-hydrogen) atoms. The van der Waals surface area contributed by atoms with Crippen LogP contribution in [0.1, 0.15) is 19.0 Å². The molecule has 2 rings (SSSR count). The molecule has 0 amide bonds. The van der Waals surface area contributed by atoms with Gasteiger partial charge in [0.25, 0.3) is 0 Å². The number of hydrogen-bond acceptors (Lipinski definition) is 3. The van der Waals surface area contributed by atoms with Crippen LogP contribution in [0.25, 0.3) is 0 Å². The van der Waals surface area contributed by atoms with Crippen LogP contribution < -0.4 is 5.32 Å². The highest BCUT2D eigenvalue weighted by Gasteiger charge is 2.25. The molecule has 0 radical (unpaired) electrons. The molecule has 2 atom stereocenters. The molecule has 88 valence electrons. The number of halogens is 1. The van der Waals surface area contributed by atoms with Gasteiger partial charge in [-0.3, -0.25) is 4.98 Å². The van der Waals surface area contributed by atoms with Crippen molar-refractivity contribution < 1.29 is 0 Å². The summed E-state index contributed by atoms with van der Waals surface area (Å²) in [5, 5.41) is 4.22. The van der Waals surface area contributed by atoms with E-state index in [9.17, 15) is 0 Å².